The number of nitrogens with one attached hydrogen (secondary N) is 1. The Morgan fingerprint density at radius 1 is 1.30 bits per heavy atom. The number of nitrogens with two attached hydrogens (primary N) is 1. The predicted octanol–water partition coefficient (Wildman–Crippen LogP) is 1.42. The molecule has 2 atom stereocenters. The van der Waals surface area contributed by atoms with Crippen LogP contribution in [0.2, 0.25) is 0 Å². The summed E-state index contributed by atoms with van der Waals surface area (Å²) < 4.78 is 5.72. The van der Waals surface area contributed by atoms with Crippen molar-refractivity contribution in [3.63, 3.8) is 0 Å². The maximum absolute atomic E-state index is 5.87. The number of guanidine groups is 1. The Bertz CT molecular complexity index is 300. The van der Waals surface area contributed by atoms with Gasteiger partial charge in [-0.15, -0.1) is 24.0 Å². The molecule has 0 aromatic heterocycles. The summed E-state index contributed by atoms with van der Waals surface area (Å²) in [4.78, 5) is 6.82. The molecule has 0 aromatic rings. The third-order valence-corrected chi connectivity index (χ3v) is 3.97. The van der Waals surface area contributed by atoms with Crippen LogP contribution in [0.4, 0.5) is 0 Å². The Morgan fingerprint density at radius 2 is 1.95 bits per heavy atom. The number of halogens is 1. The zero-order valence-electron chi connectivity index (χ0n) is 12.7. The number of hydrogen-bond donors (Lipinski definition) is 2. The van der Waals surface area contributed by atoms with E-state index in [-0.39, 0.29) is 24.0 Å². The molecule has 0 bridgehead atoms. The van der Waals surface area contributed by atoms with E-state index in [0.717, 1.165) is 38.6 Å². The van der Waals surface area contributed by atoms with Crippen molar-refractivity contribution >= 4 is 29.9 Å². The lowest BCUT2D eigenvalue weighted by atomic mass is 9.86. The van der Waals surface area contributed by atoms with Gasteiger partial charge in [0.25, 0.3) is 0 Å². The van der Waals surface area contributed by atoms with Gasteiger partial charge in [-0.3, -0.25) is 9.89 Å². The molecule has 1 aliphatic heterocycles. The molecular formula is C14H29IN4O. The van der Waals surface area contributed by atoms with Crippen LogP contribution in [0.5, 0.6) is 0 Å². The van der Waals surface area contributed by atoms with Gasteiger partial charge in [-0.2, -0.15) is 0 Å². The van der Waals surface area contributed by atoms with Gasteiger partial charge in [0, 0.05) is 32.7 Å². The van der Waals surface area contributed by atoms with E-state index in [1.165, 1.54) is 19.3 Å². The highest BCUT2D eigenvalue weighted by Crippen LogP contribution is 2.26. The lowest BCUT2D eigenvalue weighted by molar-refractivity contribution is -0.0672. The van der Waals surface area contributed by atoms with E-state index in [2.05, 4.69) is 29.1 Å². The van der Waals surface area contributed by atoms with Crippen molar-refractivity contribution in [2.24, 2.45) is 16.6 Å². The molecule has 1 heterocycles. The number of aliphatic imine (C=N–C) groups is 1. The van der Waals surface area contributed by atoms with E-state index in [9.17, 15) is 0 Å². The van der Waals surface area contributed by atoms with Crippen LogP contribution >= 0.6 is 24.0 Å². The second-order valence-corrected chi connectivity index (χ2v) is 5.97. The Kier molecular flexibility index (Phi) is 8.13. The highest BCUT2D eigenvalue weighted by Gasteiger charge is 2.21. The Hall–Kier alpha value is -0.0800. The molecule has 6 heteroatoms. The summed E-state index contributed by atoms with van der Waals surface area (Å²) in [6, 6.07) is 0. The predicted molar refractivity (Wildman–Crippen MR) is 93.7 cm³/mol. The maximum atomic E-state index is 5.87. The summed E-state index contributed by atoms with van der Waals surface area (Å²) >= 11 is 0. The molecule has 5 nitrogen and oxygen atoms in total. The molecule has 2 rings (SSSR count). The molecule has 0 amide bonds. The standard InChI is InChI=1S/C14H28N4O.HI/c1-11-9-18(10-12(2)19-11)7-6-16-14(15)17-8-13-4-3-5-13;/h11-13H,3-10H2,1-2H3,(H3,15,16,17);1H. The van der Waals surface area contributed by atoms with Crippen LogP contribution in [-0.2, 0) is 4.74 Å². The smallest absolute Gasteiger partial charge is 0.188 e. The van der Waals surface area contributed by atoms with Crippen LogP contribution in [0.15, 0.2) is 4.99 Å². The largest absolute Gasteiger partial charge is 0.373 e. The molecule has 1 aliphatic carbocycles. The number of rotatable bonds is 5. The normalized spacial score (nSPS) is 28.6. The van der Waals surface area contributed by atoms with Crippen LogP contribution < -0.4 is 11.1 Å². The summed E-state index contributed by atoms with van der Waals surface area (Å²) in [5.41, 5.74) is 5.87. The number of hydrogen-bond acceptors (Lipinski definition) is 3. The van der Waals surface area contributed by atoms with Crippen molar-refractivity contribution in [2.75, 3.05) is 32.7 Å². The zero-order valence-corrected chi connectivity index (χ0v) is 15.0. The molecule has 2 aliphatic rings. The average Bonchev–Trinajstić information content (AvgIpc) is 2.25. The minimum absolute atomic E-state index is 0. The summed E-state index contributed by atoms with van der Waals surface area (Å²) in [5.74, 6) is 1.38. The Morgan fingerprint density at radius 3 is 2.50 bits per heavy atom. The average molecular weight is 396 g/mol. The third-order valence-electron chi connectivity index (χ3n) is 3.97. The fourth-order valence-electron chi connectivity index (χ4n) is 2.77. The molecular weight excluding hydrogens is 367 g/mol. The first-order valence-electron chi connectivity index (χ1n) is 7.55. The molecule has 20 heavy (non-hydrogen) atoms. The Balaban J connectivity index is 0.00000200. The topological polar surface area (TPSA) is 62.9 Å². The van der Waals surface area contributed by atoms with Crippen LogP contribution in [0.1, 0.15) is 33.1 Å². The molecule has 2 unspecified atom stereocenters. The van der Waals surface area contributed by atoms with Gasteiger partial charge in [0.2, 0.25) is 0 Å². The van der Waals surface area contributed by atoms with Crippen LogP contribution in [-0.4, -0.2) is 55.8 Å². The molecule has 0 spiro atoms. The van der Waals surface area contributed by atoms with Crippen molar-refractivity contribution in [1.29, 1.82) is 0 Å². The SMILES string of the molecule is CC1CN(CCNC(N)=NCC2CCC2)CC(C)O1.I. The van der Waals surface area contributed by atoms with Crippen molar-refractivity contribution in [2.45, 2.75) is 45.3 Å². The first-order chi connectivity index (χ1) is 9.13. The molecule has 1 saturated carbocycles. The second-order valence-electron chi connectivity index (χ2n) is 5.97. The van der Waals surface area contributed by atoms with E-state index in [0.29, 0.717) is 18.2 Å². The first kappa shape index (κ1) is 18.0. The van der Waals surface area contributed by atoms with E-state index in [1.54, 1.807) is 0 Å². The molecule has 1 saturated heterocycles. The molecule has 3 N–H and O–H groups in total. The minimum Gasteiger partial charge on any atom is -0.373 e. The highest BCUT2D eigenvalue weighted by atomic mass is 127. The van der Waals surface area contributed by atoms with Crippen LogP contribution in [0, 0.1) is 5.92 Å². The maximum Gasteiger partial charge on any atom is 0.188 e. The van der Waals surface area contributed by atoms with Crippen LogP contribution in [0.25, 0.3) is 0 Å². The van der Waals surface area contributed by atoms with E-state index in [4.69, 9.17) is 10.5 Å². The molecule has 118 valence electrons. The molecule has 0 radical (unpaired) electrons. The lowest BCUT2D eigenvalue weighted by Crippen LogP contribution is -2.48. The van der Waals surface area contributed by atoms with Crippen molar-refractivity contribution in [3.05, 3.63) is 0 Å². The van der Waals surface area contributed by atoms with Crippen molar-refractivity contribution < 1.29 is 4.74 Å². The summed E-state index contributed by atoms with van der Waals surface area (Å²) in [6.07, 6.45) is 4.66. The fourth-order valence-corrected chi connectivity index (χ4v) is 2.77. The highest BCUT2D eigenvalue weighted by molar-refractivity contribution is 14.0. The number of morpholine rings is 1. The summed E-state index contributed by atoms with van der Waals surface area (Å²) in [7, 11) is 0. The monoisotopic (exact) mass is 396 g/mol. The molecule has 0 aromatic carbocycles. The summed E-state index contributed by atoms with van der Waals surface area (Å²) in [6.45, 7) is 9.02. The van der Waals surface area contributed by atoms with Gasteiger partial charge in [-0.25, -0.2) is 0 Å². The van der Waals surface area contributed by atoms with Gasteiger partial charge in [0.1, 0.15) is 0 Å². The van der Waals surface area contributed by atoms with E-state index >= 15 is 0 Å². The van der Waals surface area contributed by atoms with Gasteiger partial charge in [0.05, 0.1) is 12.2 Å². The first-order valence-corrected chi connectivity index (χ1v) is 7.55. The number of ether oxygens (including phenoxy) is 1. The van der Waals surface area contributed by atoms with Crippen LogP contribution in [0.3, 0.4) is 0 Å². The van der Waals surface area contributed by atoms with Gasteiger partial charge in [-0.05, 0) is 32.6 Å². The van der Waals surface area contributed by atoms with Gasteiger partial charge < -0.3 is 15.8 Å². The molecule has 2 fully saturated rings. The fraction of sp³-hybridized carbons (Fsp3) is 0.929. The second kappa shape index (κ2) is 9.04. The van der Waals surface area contributed by atoms with E-state index in [1.807, 2.05) is 0 Å². The van der Waals surface area contributed by atoms with E-state index < -0.39 is 0 Å². The van der Waals surface area contributed by atoms with Crippen molar-refractivity contribution in [1.82, 2.24) is 10.2 Å². The minimum atomic E-state index is 0. The number of nitrogens with zero attached hydrogens (tertiary/aromatic N) is 2. The quantitative estimate of drug-likeness (QED) is 0.419. The zero-order chi connectivity index (χ0) is 13.7. The third kappa shape index (κ3) is 6.13. The van der Waals surface area contributed by atoms with Gasteiger partial charge in [-0.1, -0.05) is 6.42 Å². The summed E-state index contributed by atoms with van der Waals surface area (Å²) in [5, 5.41) is 3.21. The van der Waals surface area contributed by atoms with Gasteiger partial charge >= 0.3 is 0 Å². The van der Waals surface area contributed by atoms with Gasteiger partial charge in [0.15, 0.2) is 5.96 Å². The Labute approximate surface area is 139 Å². The lowest BCUT2D eigenvalue weighted by Gasteiger charge is -2.35. The van der Waals surface area contributed by atoms with Crippen molar-refractivity contribution in [3.8, 4) is 0 Å².